The molecule has 0 saturated heterocycles. The Morgan fingerprint density at radius 2 is 2.07 bits per heavy atom. The van der Waals surface area contributed by atoms with Crippen LogP contribution in [0, 0.1) is 0 Å². The molecule has 2 aromatic heterocycles. The third-order valence-corrected chi connectivity index (χ3v) is 4.97. The van der Waals surface area contributed by atoms with E-state index in [1.807, 2.05) is 13.0 Å². The molecule has 1 aliphatic heterocycles. The molecule has 9 heteroatoms. The number of nitrogens with two attached hydrogens (primary N) is 1. The summed E-state index contributed by atoms with van der Waals surface area (Å²) in [5.41, 5.74) is 7.10. The summed E-state index contributed by atoms with van der Waals surface area (Å²) in [5.74, 6) is 0.211. The van der Waals surface area contributed by atoms with Crippen molar-refractivity contribution in [1.82, 2.24) is 14.9 Å². The van der Waals surface area contributed by atoms with E-state index in [4.69, 9.17) is 10.2 Å². The molecule has 0 radical (unpaired) electrons. The van der Waals surface area contributed by atoms with Crippen molar-refractivity contribution in [3.63, 3.8) is 0 Å². The molecule has 1 unspecified atom stereocenters. The highest BCUT2D eigenvalue weighted by atomic mass is 16.3. The first-order valence-corrected chi connectivity index (χ1v) is 9.25. The summed E-state index contributed by atoms with van der Waals surface area (Å²) < 4.78 is 5.27. The Labute approximate surface area is 172 Å². The number of aromatic nitrogens is 2. The summed E-state index contributed by atoms with van der Waals surface area (Å²) in [6, 6.07) is 10.7. The van der Waals surface area contributed by atoms with Gasteiger partial charge in [0.2, 0.25) is 5.91 Å². The number of aliphatic imine (C=N–C) groups is 1. The number of nitrogens with zero attached hydrogens (tertiary/aromatic N) is 4. The number of benzene rings is 1. The molecule has 0 fully saturated rings. The second-order valence-corrected chi connectivity index (χ2v) is 7.17. The van der Waals surface area contributed by atoms with Crippen LogP contribution in [0.2, 0.25) is 0 Å². The predicted octanol–water partition coefficient (Wildman–Crippen LogP) is 2.38. The molecule has 0 saturated carbocycles. The zero-order valence-corrected chi connectivity index (χ0v) is 16.5. The fraction of sp³-hybridized carbons (Fsp3) is 0.190. The number of nitrogens with one attached hydrogen (secondary N) is 1. The minimum absolute atomic E-state index is 0.119. The fourth-order valence-corrected chi connectivity index (χ4v) is 3.20. The van der Waals surface area contributed by atoms with Crippen LogP contribution >= 0.6 is 0 Å². The van der Waals surface area contributed by atoms with Gasteiger partial charge in [-0.2, -0.15) is 0 Å². The molecule has 9 nitrogen and oxygen atoms in total. The number of hydrogen-bond donors (Lipinski definition) is 2. The van der Waals surface area contributed by atoms with Crippen LogP contribution < -0.4 is 11.1 Å². The van der Waals surface area contributed by atoms with Crippen molar-refractivity contribution in [3.8, 4) is 11.5 Å². The zero-order chi connectivity index (χ0) is 21.3. The van der Waals surface area contributed by atoms with Crippen LogP contribution in [0.1, 0.15) is 29.4 Å². The Morgan fingerprint density at radius 3 is 2.73 bits per heavy atom. The lowest BCUT2D eigenvalue weighted by molar-refractivity contribution is -0.128. The van der Waals surface area contributed by atoms with Crippen LogP contribution in [0.4, 0.5) is 5.69 Å². The van der Waals surface area contributed by atoms with Gasteiger partial charge in [0.05, 0.1) is 30.6 Å². The molecule has 0 spiro atoms. The maximum Gasteiger partial charge on any atom is 0.275 e. The number of amides is 2. The van der Waals surface area contributed by atoms with Crippen LogP contribution in [0.25, 0.3) is 11.5 Å². The van der Waals surface area contributed by atoms with Crippen molar-refractivity contribution < 1.29 is 14.0 Å². The second-order valence-electron chi connectivity index (χ2n) is 7.17. The lowest BCUT2D eigenvalue weighted by Gasteiger charge is -2.33. The lowest BCUT2D eigenvalue weighted by Crippen LogP contribution is -2.47. The molecule has 1 atom stereocenters. The van der Waals surface area contributed by atoms with Gasteiger partial charge in [0.25, 0.3) is 5.91 Å². The van der Waals surface area contributed by atoms with Crippen molar-refractivity contribution in [3.05, 3.63) is 66.3 Å². The van der Waals surface area contributed by atoms with Crippen molar-refractivity contribution in [1.29, 1.82) is 0 Å². The Balaban J connectivity index is 1.53. The summed E-state index contributed by atoms with van der Waals surface area (Å²) in [4.78, 5) is 39.0. The van der Waals surface area contributed by atoms with Crippen molar-refractivity contribution >= 4 is 23.5 Å². The number of carbonyl (C=O) groups excluding carboxylic acids is 2. The first kappa shape index (κ1) is 19.3. The zero-order valence-electron chi connectivity index (χ0n) is 16.5. The molecule has 3 heterocycles. The van der Waals surface area contributed by atoms with E-state index in [-0.39, 0.29) is 24.0 Å². The standard InChI is InChI=1S/C21H20N6O3/c1-21(10-18(28)27(2)20(22)26-21)13-5-3-6-14(9-13)25-19(29)16-12-23-15(11-24-16)17-7-4-8-30-17/h3-9,11-12H,10H2,1-2H3,(H2,22,26)(H,25,29). The van der Waals surface area contributed by atoms with Gasteiger partial charge in [0.15, 0.2) is 11.7 Å². The van der Waals surface area contributed by atoms with Crippen LogP contribution in [-0.2, 0) is 10.3 Å². The van der Waals surface area contributed by atoms with Gasteiger partial charge in [0.1, 0.15) is 11.4 Å². The smallest absolute Gasteiger partial charge is 0.275 e. The van der Waals surface area contributed by atoms with Crippen molar-refractivity contribution in [2.45, 2.75) is 18.9 Å². The van der Waals surface area contributed by atoms with Gasteiger partial charge in [-0.3, -0.25) is 14.5 Å². The molecular weight excluding hydrogens is 384 g/mol. The number of anilines is 1. The fourth-order valence-electron chi connectivity index (χ4n) is 3.20. The lowest BCUT2D eigenvalue weighted by atomic mass is 9.87. The van der Waals surface area contributed by atoms with E-state index in [0.717, 1.165) is 5.56 Å². The molecular formula is C21H20N6O3. The van der Waals surface area contributed by atoms with E-state index in [2.05, 4.69) is 20.3 Å². The Kier molecular flexibility index (Phi) is 4.78. The van der Waals surface area contributed by atoms with Gasteiger partial charge >= 0.3 is 0 Å². The minimum Gasteiger partial charge on any atom is -0.463 e. The average Bonchev–Trinajstić information content (AvgIpc) is 3.27. The topological polar surface area (TPSA) is 127 Å². The molecule has 0 aliphatic carbocycles. The Morgan fingerprint density at radius 1 is 1.23 bits per heavy atom. The first-order valence-electron chi connectivity index (χ1n) is 9.25. The van der Waals surface area contributed by atoms with Gasteiger partial charge in [-0.25, -0.2) is 15.0 Å². The number of guanidine groups is 1. The minimum atomic E-state index is -0.807. The Bertz CT molecular complexity index is 1120. The molecule has 4 rings (SSSR count). The summed E-state index contributed by atoms with van der Waals surface area (Å²) in [5, 5.41) is 2.80. The van der Waals surface area contributed by atoms with Crippen molar-refractivity contribution in [2.75, 3.05) is 12.4 Å². The highest BCUT2D eigenvalue weighted by Gasteiger charge is 2.36. The average molecular weight is 404 g/mol. The molecule has 2 amide bonds. The van der Waals surface area contributed by atoms with E-state index >= 15 is 0 Å². The summed E-state index contributed by atoms with van der Waals surface area (Å²) in [6.07, 6.45) is 4.59. The van der Waals surface area contributed by atoms with Crippen molar-refractivity contribution in [2.24, 2.45) is 10.7 Å². The SMILES string of the molecule is CN1C(=O)CC(C)(c2cccc(NC(=O)c3cnc(-c4ccco4)cn3)c2)N=C1N. The second kappa shape index (κ2) is 7.43. The molecule has 30 heavy (non-hydrogen) atoms. The molecule has 1 aliphatic rings. The third-order valence-electron chi connectivity index (χ3n) is 4.97. The Hall–Kier alpha value is -4.01. The van der Waals surface area contributed by atoms with E-state index in [1.165, 1.54) is 17.3 Å². The maximum absolute atomic E-state index is 12.6. The number of carbonyl (C=O) groups is 2. The molecule has 0 bridgehead atoms. The number of hydrogen-bond acceptors (Lipinski definition) is 7. The van der Waals surface area contributed by atoms with Gasteiger partial charge in [-0.1, -0.05) is 12.1 Å². The van der Waals surface area contributed by atoms with Crippen LogP contribution in [0.3, 0.4) is 0 Å². The third kappa shape index (κ3) is 3.64. The monoisotopic (exact) mass is 404 g/mol. The van der Waals surface area contributed by atoms with Crippen LogP contribution in [-0.4, -0.2) is 39.7 Å². The molecule has 1 aromatic carbocycles. The first-order chi connectivity index (χ1) is 14.4. The normalized spacial score (nSPS) is 18.8. The molecule has 152 valence electrons. The summed E-state index contributed by atoms with van der Waals surface area (Å²) in [6.45, 7) is 1.84. The van der Waals surface area contributed by atoms with Gasteiger partial charge in [0, 0.05) is 12.7 Å². The van der Waals surface area contributed by atoms with E-state index in [9.17, 15) is 9.59 Å². The summed E-state index contributed by atoms with van der Waals surface area (Å²) >= 11 is 0. The van der Waals surface area contributed by atoms with Crippen LogP contribution in [0.15, 0.2) is 64.5 Å². The largest absolute Gasteiger partial charge is 0.463 e. The number of furan rings is 1. The van der Waals surface area contributed by atoms with Crippen LogP contribution in [0.5, 0.6) is 0 Å². The number of rotatable bonds is 4. The summed E-state index contributed by atoms with van der Waals surface area (Å²) in [7, 11) is 1.59. The molecule has 3 aromatic rings. The van der Waals surface area contributed by atoms with Gasteiger partial charge in [-0.05, 0) is 36.8 Å². The quantitative estimate of drug-likeness (QED) is 0.687. The van der Waals surface area contributed by atoms with Gasteiger partial charge in [-0.15, -0.1) is 0 Å². The van der Waals surface area contributed by atoms with E-state index in [1.54, 1.807) is 43.6 Å². The van der Waals surface area contributed by atoms with Gasteiger partial charge < -0.3 is 15.5 Å². The van der Waals surface area contributed by atoms with E-state index < -0.39 is 11.4 Å². The predicted molar refractivity (Wildman–Crippen MR) is 110 cm³/mol. The highest BCUT2D eigenvalue weighted by Crippen LogP contribution is 2.34. The highest BCUT2D eigenvalue weighted by molar-refractivity contribution is 6.03. The maximum atomic E-state index is 12.6. The molecule has 3 N–H and O–H groups in total. The van der Waals surface area contributed by atoms with E-state index in [0.29, 0.717) is 17.1 Å².